The van der Waals surface area contributed by atoms with Gasteiger partial charge in [0.2, 0.25) is 5.75 Å². The number of fused-ring (bicyclic) bond motifs is 1. The monoisotopic (exact) mass is 544 g/mol. The van der Waals surface area contributed by atoms with E-state index in [-0.39, 0.29) is 11.9 Å². The lowest BCUT2D eigenvalue weighted by Gasteiger charge is -2.27. The fourth-order valence-corrected chi connectivity index (χ4v) is 5.40. The second kappa shape index (κ2) is 10.1. The van der Waals surface area contributed by atoms with Crippen LogP contribution in [0.1, 0.15) is 38.8 Å². The van der Waals surface area contributed by atoms with Crippen LogP contribution in [0.4, 0.5) is 0 Å². The van der Waals surface area contributed by atoms with Crippen LogP contribution in [-0.4, -0.2) is 76.1 Å². The normalized spacial score (nSPS) is 28.0. The Labute approximate surface area is 228 Å². The van der Waals surface area contributed by atoms with Crippen molar-refractivity contribution in [2.24, 2.45) is 0 Å². The Kier molecular flexibility index (Phi) is 7.09. The number of aromatic hydroxyl groups is 1. The predicted octanol–water partition coefficient (Wildman–Crippen LogP) is 4.26. The van der Waals surface area contributed by atoms with Gasteiger partial charge in [0, 0.05) is 5.57 Å². The molecule has 0 aliphatic carbocycles. The van der Waals surface area contributed by atoms with E-state index >= 15 is 0 Å². The van der Waals surface area contributed by atoms with Gasteiger partial charge in [-0.25, -0.2) is 0 Å². The van der Waals surface area contributed by atoms with Crippen molar-refractivity contribution in [1.29, 1.82) is 0 Å². The van der Waals surface area contributed by atoms with Crippen molar-refractivity contribution in [3.8, 4) is 28.7 Å². The highest BCUT2D eigenvalue weighted by Crippen LogP contribution is 2.49. The Morgan fingerprint density at radius 2 is 1.44 bits per heavy atom. The molecule has 3 heterocycles. The SMILES string of the molecule is COc1ccc(/C(=C2\O[C@@H]([C@H]3COC(C)(C)O3)[C@H]3OC(C)(C)O[C@@H]23)c2cc(OC)c(OC)c(OC)c2)cc1O. The maximum Gasteiger partial charge on any atom is 0.203 e. The molecule has 3 aliphatic heterocycles. The molecule has 10 nitrogen and oxygen atoms in total. The van der Waals surface area contributed by atoms with Crippen LogP contribution in [0.25, 0.3) is 5.57 Å². The Morgan fingerprint density at radius 1 is 0.769 bits per heavy atom. The quantitative estimate of drug-likeness (QED) is 0.544. The molecule has 3 fully saturated rings. The van der Waals surface area contributed by atoms with E-state index in [9.17, 15) is 5.11 Å². The molecular formula is C29H36O10. The van der Waals surface area contributed by atoms with Crippen LogP contribution in [0.3, 0.4) is 0 Å². The van der Waals surface area contributed by atoms with Gasteiger partial charge in [0.25, 0.3) is 0 Å². The van der Waals surface area contributed by atoms with Crippen LogP contribution in [0.15, 0.2) is 36.1 Å². The second-order valence-corrected chi connectivity index (χ2v) is 10.5. The molecule has 39 heavy (non-hydrogen) atoms. The minimum Gasteiger partial charge on any atom is -0.504 e. The minimum absolute atomic E-state index is 0.0233. The molecule has 4 atom stereocenters. The summed E-state index contributed by atoms with van der Waals surface area (Å²) in [6, 6.07) is 8.82. The molecule has 2 aromatic carbocycles. The maximum absolute atomic E-state index is 10.7. The minimum atomic E-state index is -0.861. The number of ether oxygens (including phenoxy) is 9. The Hall–Kier alpha value is -3.18. The van der Waals surface area contributed by atoms with Crippen molar-refractivity contribution in [2.75, 3.05) is 35.0 Å². The van der Waals surface area contributed by atoms with Crippen LogP contribution in [0.5, 0.6) is 28.7 Å². The highest BCUT2D eigenvalue weighted by Gasteiger charge is 2.58. The average molecular weight is 545 g/mol. The van der Waals surface area contributed by atoms with Crippen LogP contribution >= 0.6 is 0 Å². The van der Waals surface area contributed by atoms with Crippen LogP contribution < -0.4 is 18.9 Å². The third-order valence-electron chi connectivity index (χ3n) is 7.04. The van der Waals surface area contributed by atoms with Crippen LogP contribution in [0.2, 0.25) is 0 Å². The predicted molar refractivity (Wildman–Crippen MR) is 140 cm³/mol. The van der Waals surface area contributed by atoms with Gasteiger partial charge < -0.3 is 47.7 Å². The fraction of sp³-hybridized carbons (Fsp3) is 0.517. The van der Waals surface area contributed by atoms with E-state index in [1.165, 1.54) is 7.11 Å². The molecule has 0 unspecified atom stereocenters. The molecule has 3 saturated heterocycles. The molecule has 0 aromatic heterocycles. The van der Waals surface area contributed by atoms with Crippen LogP contribution in [-0.2, 0) is 23.7 Å². The van der Waals surface area contributed by atoms with Gasteiger partial charge in [0.05, 0.1) is 35.0 Å². The summed E-state index contributed by atoms with van der Waals surface area (Å²) >= 11 is 0. The largest absolute Gasteiger partial charge is 0.504 e. The second-order valence-electron chi connectivity index (χ2n) is 10.5. The Bertz CT molecular complexity index is 1240. The highest BCUT2D eigenvalue weighted by atomic mass is 16.8. The lowest BCUT2D eigenvalue weighted by molar-refractivity contribution is -0.187. The molecule has 3 aliphatic rings. The standard InChI is InChI=1S/C29H36O10/c1-28(2)35-14-21(37-28)24-26-27(39-29(3,4)38-26)25(36-24)22(15-9-10-18(31-5)17(30)11-15)16-12-19(32-6)23(34-8)20(13-16)33-7/h9-13,21,24,26-27,30H,14H2,1-8H3/b25-22+/t21-,24+,26-,27+/m1/s1. The molecule has 0 spiro atoms. The molecule has 2 aromatic rings. The van der Waals surface area contributed by atoms with Gasteiger partial charge >= 0.3 is 0 Å². The maximum atomic E-state index is 10.7. The summed E-state index contributed by atoms with van der Waals surface area (Å²) in [6.07, 6.45) is -1.90. The fourth-order valence-electron chi connectivity index (χ4n) is 5.40. The zero-order valence-electron chi connectivity index (χ0n) is 23.5. The summed E-state index contributed by atoms with van der Waals surface area (Å²) in [5.74, 6) is 0.629. The van der Waals surface area contributed by atoms with Crippen molar-refractivity contribution >= 4 is 5.57 Å². The van der Waals surface area contributed by atoms with Crippen molar-refractivity contribution in [3.05, 3.63) is 47.2 Å². The molecule has 0 radical (unpaired) electrons. The van der Waals surface area contributed by atoms with Gasteiger partial charge in [0.15, 0.2) is 40.7 Å². The molecule has 0 amide bonds. The zero-order chi connectivity index (χ0) is 28.1. The van der Waals surface area contributed by atoms with E-state index in [0.29, 0.717) is 52.1 Å². The topological polar surface area (TPSA) is 103 Å². The average Bonchev–Trinajstić information content (AvgIpc) is 3.53. The molecule has 212 valence electrons. The summed E-state index contributed by atoms with van der Waals surface area (Å²) < 4.78 is 53.6. The third-order valence-corrected chi connectivity index (χ3v) is 7.04. The molecule has 10 heteroatoms. The molecule has 5 rings (SSSR count). The zero-order valence-corrected chi connectivity index (χ0v) is 23.5. The molecule has 0 saturated carbocycles. The lowest BCUT2D eigenvalue weighted by atomic mass is 9.93. The van der Waals surface area contributed by atoms with E-state index in [4.69, 9.17) is 42.6 Å². The highest BCUT2D eigenvalue weighted by molar-refractivity contribution is 5.85. The lowest BCUT2D eigenvalue weighted by Crippen LogP contribution is -2.40. The Morgan fingerprint density at radius 3 is 1.97 bits per heavy atom. The smallest absolute Gasteiger partial charge is 0.203 e. The van der Waals surface area contributed by atoms with E-state index < -0.39 is 29.9 Å². The van der Waals surface area contributed by atoms with Crippen molar-refractivity contribution in [2.45, 2.75) is 63.7 Å². The van der Waals surface area contributed by atoms with Crippen molar-refractivity contribution < 1.29 is 47.7 Å². The van der Waals surface area contributed by atoms with Gasteiger partial charge in [-0.05, 0) is 63.1 Å². The van der Waals surface area contributed by atoms with E-state index in [1.807, 2.05) is 45.9 Å². The summed E-state index contributed by atoms with van der Waals surface area (Å²) in [6.45, 7) is 7.82. The summed E-state index contributed by atoms with van der Waals surface area (Å²) in [5.41, 5.74) is 2.01. The van der Waals surface area contributed by atoms with Gasteiger partial charge in [-0.15, -0.1) is 0 Å². The summed E-state index contributed by atoms with van der Waals surface area (Å²) in [4.78, 5) is 0. The van der Waals surface area contributed by atoms with Gasteiger partial charge in [0.1, 0.15) is 24.1 Å². The number of hydrogen-bond donors (Lipinski definition) is 1. The molecule has 1 N–H and O–H groups in total. The number of hydrogen-bond acceptors (Lipinski definition) is 10. The summed E-state index contributed by atoms with van der Waals surface area (Å²) in [5, 5.41) is 10.7. The first-order valence-corrected chi connectivity index (χ1v) is 12.8. The number of phenols is 1. The first kappa shape index (κ1) is 27.4. The number of rotatable bonds is 7. The third kappa shape index (κ3) is 4.98. The van der Waals surface area contributed by atoms with E-state index in [1.54, 1.807) is 33.5 Å². The van der Waals surface area contributed by atoms with Gasteiger partial charge in [-0.1, -0.05) is 6.07 Å². The first-order chi connectivity index (χ1) is 18.5. The van der Waals surface area contributed by atoms with Crippen molar-refractivity contribution in [3.63, 3.8) is 0 Å². The summed E-state index contributed by atoms with van der Waals surface area (Å²) in [7, 11) is 6.16. The van der Waals surface area contributed by atoms with Crippen molar-refractivity contribution in [1.82, 2.24) is 0 Å². The number of benzene rings is 2. The first-order valence-electron chi connectivity index (χ1n) is 12.8. The van der Waals surface area contributed by atoms with E-state index in [2.05, 4.69) is 0 Å². The van der Waals surface area contributed by atoms with Gasteiger partial charge in [-0.2, -0.15) is 0 Å². The molecular weight excluding hydrogens is 508 g/mol. The number of phenolic OH excluding ortho intramolecular Hbond substituents is 1. The van der Waals surface area contributed by atoms with Gasteiger partial charge in [-0.3, -0.25) is 0 Å². The number of methoxy groups -OCH3 is 4. The van der Waals surface area contributed by atoms with Crippen LogP contribution in [0, 0.1) is 0 Å². The van der Waals surface area contributed by atoms with E-state index in [0.717, 1.165) is 0 Å². The molecule has 0 bridgehead atoms. The Balaban J connectivity index is 1.73.